The zero-order valence-corrected chi connectivity index (χ0v) is 20.6. The summed E-state index contributed by atoms with van der Waals surface area (Å²) >= 11 is 1.50. The number of hydrogen-bond acceptors (Lipinski definition) is 7. The molecule has 2 amide bonds. The summed E-state index contributed by atoms with van der Waals surface area (Å²) in [6, 6.07) is 18.3. The first-order chi connectivity index (χ1) is 17.6. The van der Waals surface area contributed by atoms with Crippen LogP contribution in [0.1, 0.15) is 13.3 Å². The highest BCUT2D eigenvalue weighted by atomic mass is 32.1. The number of carbonyl (C=O) groups excluding carboxylic acids is 2. The van der Waals surface area contributed by atoms with Gasteiger partial charge >= 0.3 is 0 Å². The Balaban J connectivity index is 1.42. The molecule has 182 valence electrons. The highest BCUT2D eigenvalue weighted by Gasteiger charge is 2.34. The average molecular weight is 501 g/mol. The number of pyridine rings is 1. The fourth-order valence-electron chi connectivity index (χ4n) is 3.94. The lowest BCUT2D eigenvalue weighted by Gasteiger charge is -2.34. The number of benzene rings is 2. The number of anilines is 2. The van der Waals surface area contributed by atoms with Gasteiger partial charge in [-0.1, -0.05) is 13.0 Å². The van der Waals surface area contributed by atoms with Crippen molar-refractivity contribution in [2.24, 2.45) is 0 Å². The largest absolute Gasteiger partial charge is 0.497 e. The molecule has 0 spiro atoms. The van der Waals surface area contributed by atoms with Crippen molar-refractivity contribution >= 4 is 34.5 Å². The Morgan fingerprint density at radius 3 is 2.69 bits per heavy atom. The molecule has 0 fully saturated rings. The van der Waals surface area contributed by atoms with Crippen molar-refractivity contribution in [3.63, 3.8) is 0 Å². The number of rotatable bonds is 7. The van der Waals surface area contributed by atoms with Crippen LogP contribution in [0, 0.1) is 0 Å². The van der Waals surface area contributed by atoms with Gasteiger partial charge in [-0.15, -0.1) is 11.3 Å². The first-order valence-electron chi connectivity index (χ1n) is 11.5. The molecule has 5 rings (SSSR count). The molecular formula is C27H24N4O4S. The van der Waals surface area contributed by atoms with Crippen molar-refractivity contribution in [3.05, 3.63) is 72.2 Å². The van der Waals surface area contributed by atoms with E-state index in [0.29, 0.717) is 29.3 Å². The minimum Gasteiger partial charge on any atom is -0.497 e. The number of nitrogens with zero attached hydrogens (tertiary/aromatic N) is 3. The SMILES string of the molecule is CCC1Oc2ccc(-c3csc(-c4ccccn4)n3)cc2N(CC(=O)Nc2ccc(OC)cc2)C1=O. The number of fused-ring (bicyclic) bond motifs is 1. The molecule has 3 heterocycles. The molecule has 8 nitrogen and oxygen atoms in total. The van der Waals surface area contributed by atoms with Crippen LogP contribution >= 0.6 is 11.3 Å². The summed E-state index contributed by atoms with van der Waals surface area (Å²) in [4.78, 5) is 36.7. The smallest absolute Gasteiger partial charge is 0.268 e. The fraction of sp³-hybridized carbons (Fsp3) is 0.185. The Morgan fingerprint density at radius 1 is 1.14 bits per heavy atom. The Labute approximate surface area is 212 Å². The van der Waals surface area contributed by atoms with Crippen LogP contribution in [-0.4, -0.2) is 41.5 Å². The van der Waals surface area contributed by atoms with Crippen molar-refractivity contribution < 1.29 is 19.1 Å². The molecule has 36 heavy (non-hydrogen) atoms. The Bertz CT molecular complexity index is 1390. The van der Waals surface area contributed by atoms with E-state index in [9.17, 15) is 9.59 Å². The summed E-state index contributed by atoms with van der Waals surface area (Å²) in [6.07, 6.45) is 1.58. The van der Waals surface area contributed by atoms with Crippen LogP contribution in [0.5, 0.6) is 11.5 Å². The van der Waals surface area contributed by atoms with Gasteiger partial charge in [0.15, 0.2) is 6.10 Å². The molecule has 0 saturated carbocycles. The normalized spacial score (nSPS) is 14.7. The third-order valence-corrected chi connectivity index (χ3v) is 6.66. The second-order valence-electron chi connectivity index (χ2n) is 8.15. The van der Waals surface area contributed by atoms with Crippen molar-refractivity contribution in [2.45, 2.75) is 19.4 Å². The van der Waals surface area contributed by atoms with Crippen LogP contribution in [0.25, 0.3) is 22.0 Å². The summed E-state index contributed by atoms with van der Waals surface area (Å²) in [7, 11) is 1.58. The van der Waals surface area contributed by atoms with Crippen LogP contribution in [0.15, 0.2) is 72.2 Å². The van der Waals surface area contributed by atoms with Crippen LogP contribution in [0.4, 0.5) is 11.4 Å². The average Bonchev–Trinajstić information content (AvgIpc) is 3.41. The molecule has 4 aromatic rings. The molecule has 1 aliphatic rings. The van der Waals surface area contributed by atoms with Crippen LogP contribution in [-0.2, 0) is 9.59 Å². The molecular weight excluding hydrogens is 476 g/mol. The van der Waals surface area contributed by atoms with E-state index in [0.717, 1.165) is 22.0 Å². The van der Waals surface area contributed by atoms with E-state index < -0.39 is 6.10 Å². The number of thiazole rings is 1. The van der Waals surface area contributed by atoms with Gasteiger partial charge in [0.05, 0.1) is 24.2 Å². The number of hydrogen-bond donors (Lipinski definition) is 1. The standard InChI is InChI=1S/C27H24N4O4S/c1-3-23-27(33)31(15-25(32)29-18-8-10-19(34-2)11-9-18)22-14-17(7-12-24(22)35-23)21-16-36-26(30-21)20-6-4-5-13-28-20/h4-14,16,23H,3,15H2,1-2H3,(H,29,32). The predicted octanol–water partition coefficient (Wildman–Crippen LogP) is 5.02. The van der Waals surface area contributed by atoms with Crippen molar-refractivity contribution in [2.75, 3.05) is 23.9 Å². The van der Waals surface area contributed by atoms with Gasteiger partial charge in [-0.2, -0.15) is 0 Å². The van der Waals surface area contributed by atoms with Crippen LogP contribution in [0.3, 0.4) is 0 Å². The molecule has 1 atom stereocenters. The summed E-state index contributed by atoms with van der Waals surface area (Å²) in [6.45, 7) is 1.74. The summed E-state index contributed by atoms with van der Waals surface area (Å²) < 4.78 is 11.1. The molecule has 2 aromatic carbocycles. The summed E-state index contributed by atoms with van der Waals surface area (Å²) in [5, 5.41) is 5.60. The maximum atomic E-state index is 13.2. The van der Waals surface area contributed by atoms with Gasteiger partial charge in [0, 0.05) is 22.8 Å². The van der Waals surface area contributed by atoms with E-state index in [1.54, 1.807) is 37.6 Å². The monoisotopic (exact) mass is 500 g/mol. The lowest BCUT2D eigenvalue weighted by Crippen LogP contribution is -2.48. The van der Waals surface area contributed by atoms with E-state index in [-0.39, 0.29) is 18.4 Å². The maximum Gasteiger partial charge on any atom is 0.268 e. The Hall–Kier alpha value is -4.24. The zero-order chi connectivity index (χ0) is 25.1. The molecule has 1 N–H and O–H groups in total. The van der Waals surface area contributed by atoms with Crippen LogP contribution < -0.4 is 19.7 Å². The van der Waals surface area contributed by atoms with Gasteiger partial charge in [-0.05, 0) is 61.0 Å². The van der Waals surface area contributed by atoms with Crippen molar-refractivity contribution in [3.8, 4) is 33.5 Å². The first kappa shape index (κ1) is 23.5. The zero-order valence-electron chi connectivity index (χ0n) is 19.8. The van der Waals surface area contributed by atoms with Gasteiger partial charge in [0.1, 0.15) is 23.1 Å². The van der Waals surface area contributed by atoms with Gasteiger partial charge in [0.25, 0.3) is 5.91 Å². The number of aromatic nitrogens is 2. The molecule has 0 bridgehead atoms. The molecule has 2 aromatic heterocycles. The van der Waals surface area contributed by atoms with E-state index in [2.05, 4.69) is 10.3 Å². The maximum absolute atomic E-state index is 13.2. The number of ether oxygens (including phenoxy) is 2. The van der Waals surface area contributed by atoms with E-state index in [4.69, 9.17) is 14.5 Å². The van der Waals surface area contributed by atoms with Gasteiger partial charge < -0.3 is 14.8 Å². The molecule has 9 heteroatoms. The van der Waals surface area contributed by atoms with E-state index >= 15 is 0 Å². The lowest BCUT2D eigenvalue weighted by atomic mass is 10.1. The number of carbonyl (C=O) groups is 2. The minimum absolute atomic E-state index is 0.141. The van der Waals surface area contributed by atoms with E-state index in [1.165, 1.54) is 16.2 Å². The van der Waals surface area contributed by atoms with Gasteiger partial charge in [-0.3, -0.25) is 19.5 Å². The van der Waals surface area contributed by atoms with Crippen molar-refractivity contribution in [1.82, 2.24) is 9.97 Å². The first-order valence-corrected chi connectivity index (χ1v) is 12.4. The molecule has 0 saturated heterocycles. The van der Waals surface area contributed by atoms with Crippen LogP contribution in [0.2, 0.25) is 0 Å². The summed E-state index contributed by atoms with van der Waals surface area (Å²) in [5.74, 6) is 0.687. The Morgan fingerprint density at radius 2 is 1.97 bits per heavy atom. The van der Waals surface area contributed by atoms with E-state index in [1.807, 2.05) is 48.7 Å². The van der Waals surface area contributed by atoms with Gasteiger partial charge in [0.2, 0.25) is 5.91 Å². The quantitative estimate of drug-likeness (QED) is 0.383. The third-order valence-electron chi connectivity index (χ3n) is 5.79. The number of methoxy groups -OCH3 is 1. The lowest BCUT2D eigenvalue weighted by molar-refractivity contribution is -0.128. The highest BCUT2D eigenvalue weighted by molar-refractivity contribution is 7.13. The molecule has 1 aliphatic heterocycles. The fourth-order valence-corrected chi connectivity index (χ4v) is 4.74. The predicted molar refractivity (Wildman–Crippen MR) is 139 cm³/mol. The van der Waals surface area contributed by atoms with Gasteiger partial charge in [-0.25, -0.2) is 4.98 Å². The summed E-state index contributed by atoms with van der Waals surface area (Å²) in [5.41, 5.74) is 3.54. The highest BCUT2D eigenvalue weighted by Crippen LogP contribution is 2.39. The number of amides is 2. The molecule has 1 unspecified atom stereocenters. The molecule has 0 radical (unpaired) electrons. The molecule has 0 aliphatic carbocycles. The topological polar surface area (TPSA) is 93.7 Å². The second-order valence-corrected chi connectivity index (χ2v) is 9.01. The third kappa shape index (κ3) is 4.78. The second kappa shape index (κ2) is 10.2. The van der Waals surface area contributed by atoms with Crippen molar-refractivity contribution in [1.29, 1.82) is 0 Å². The Kier molecular flexibility index (Phi) is 6.64. The minimum atomic E-state index is -0.646. The number of nitrogens with one attached hydrogen (secondary N) is 1.